The number of nitrogens with zero attached hydrogens (tertiary/aromatic N) is 1. The van der Waals surface area contributed by atoms with Gasteiger partial charge < -0.3 is 10.5 Å². The van der Waals surface area contributed by atoms with Crippen LogP contribution >= 0.6 is 35.6 Å². The van der Waals surface area contributed by atoms with E-state index in [1.807, 2.05) is 12.1 Å². The van der Waals surface area contributed by atoms with Crippen LogP contribution in [0.25, 0.3) is 0 Å². The Hall–Kier alpha value is -0.0300. The third kappa shape index (κ3) is 4.48. The molecule has 1 aromatic rings. The highest BCUT2D eigenvalue weighted by molar-refractivity contribution is 6.35. The van der Waals surface area contributed by atoms with Gasteiger partial charge in [-0.05, 0) is 30.5 Å². The molecule has 2 N–H and O–H groups in total. The summed E-state index contributed by atoms with van der Waals surface area (Å²) in [5, 5.41) is 1.39. The van der Waals surface area contributed by atoms with Crippen LogP contribution in [-0.4, -0.2) is 37.2 Å². The van der Waals surface area contributed by atoms with Gasteiger partial charge in [0, 0.05) is 42.8 Å². The highest BCUT2D eigenvalue weighted by Crippen LogP contribution is 2.26. The Bertz CT molecular complexity index is 431. The molecule has 0 aromatic heterocycles. The molecule has 20 heavy (non-hydrogen) atoms. The van der Waals surface area contributed by atoms with Gasteiger partial charge in [-0.25, -0.2) is 0 Å². The Balaban J connectivity index is 0.00000200. The van der Waals surface area contributed by atoms with Crippen molar-refractivity contribution in [3.63, 3.8) is 0 Å². The van der Waals surface area contributed by atoms with Gasteiger partial charge in [-0.2, -0.15) is 0 Å². The van der Waals surface area contributed by atoms with Crippen LogP contribution in [0.2, 0.25) is 10.0 Å². The number of likely N-dealkylation sites (tertiary alicyclic amines) is 1. The molecule has 114 valence electrons. The van der Waals surface area contributed by atoms with Gasteiger partial charge in [-0.1, -0.05) is 29.3 Å². The van der Waals surface area contributed by atoms with Crippen LogP contribution in [0.3, 0.4) is 0 Å². The number of rotatable bonds is 4. The van der Waals surface area contributed by atoms with Gasteiger partial charge in [-0.15, -0.1) is 12.4 Å². The largest absolute Gasteiger partial charge is 0.381 e. The van der Waals surface area contributed by atoms with Crippen molar-refractivity contribution in [1.29, 1.82) is 0 Å². The van der Waals surface area contributed by atoms with E-state index in [1.165, 1.54) is 0 Å². The number of benzene rings is 1. The van der Waals surface area contributed by atoms with E-state index in [0.717, 1.165) is 36.5 Å². The summed E-state index contributed by atoms with van der Waals surface area (Å²) in [5.74, 6) is 0. The third-order valence-electron chi connectivity index (χ3n) is 3.78. The van der Waals surface area contributed by atoms with Crippen molar-refractivity contribution in [2.45, 2.75) is 31.5 Å². The zero-order chi connectivity index (χ0) is 13.8. The zero-order valence-electron chi connectivity index (χ0n) is 11.5. The van der Waals surface area contributed by atoms with E-state index in [-0.39, 0.29) is 12.4 Å². The fraction of sp³-hybridized carbons (Fsp3) is 0.571. The lowest BCUT2D eigenvalue weighted by atomic mass is 9.98. The summed E-state index contributed by atoms with van der Waals surface area (Å²) < 4.78 is 5.44. The summed E-state index contributed by atoms with van der Waals surface area (Å²) in [6.07, 6.45) is 2.35. The van der Waals surface area contributed by atoms with Crippen LogP contribution in [0.4, 0.5) is 0 Å². The lowest BCUT2D eigenvalue weighted by Gasteiger charge is -2.38. The van der Waals surface area contributed by atoms with Crippen molar-refractivity contribution < 1.29 is 4.74 Å². The van der Waals surface area contributed by atoms with Crippen molar-refractivity contribution >= 4 is 35.6 Å². The number of methoxy groups -OCH3 is 1. The van der Waals surface area contributed by atoms with Crippen molar-refractivity contribution in [3.05, 3.63) is 33.8 Å². The van der Waals surface area contributed by atoms with Crippen LogP contribution in [-0.2, 0) is 11.3 Å². The van der Waals surface area contributed by atoms with E-state index in [4.69, 9.17) is 33.7 Å². The average Bonchev–Trinajstić information content (AvgIpc) is 2.42. The minimum absolute atomic E-state index is 0. The summed E-state index contributed by atoms with van der Waals surface area (Å²) in [6, 6.07) is 6.01. The lowest BCUT2D eigenvalue weighted by Crippen LogP contribution is -2.48. The summed E-state index contributed by atoms with van der Waals surface area (Å²) in [6.45, 7) is 2.44. The first-order valence-corrected chi connectivity index (χ1v) is 7.30. The number of hydrogen-bond donors (Lipinski definition) is 1. The van der Waals surface area contributed by atoms with Gasteiger partial charge in [0.15, 0.2) is 0 Å². The van der Waals surface area contributed by atoms with Gasteiger partial charge in [0.25, 0.3) is 0 Å². The van der Waals surface area contributed by atoms with E-state index >= 15 is 0 Å². The van der Waals surface area contributed by atoms with Crippen molar-refractivity contribution in [3.8, 4) is 0 Å². The molecule has 0 radical (unpaired) electrons. The van der Waals surface area contributed by atoms with E-state index in [9.17, 15) is 0 Å². The van der Waals surface area contributed by atoms with Gasteiger partial charge in [0.1, 0.15) is 0 Å². The summed E-state index contributed by atoms with van der Waals surface area (Å²) in [4.78, 5) is 2.38. The Morgan fingerprint density at radius 2 is 2.15 bits per heavy atom. The summed E-state index contributed by atoms with van der Waals surface area (Å²) in [5.41, 5.74) is 6.97. The monoisotopic (exact) mass is 338 g/mol. The molecule has 0 amide bonds. The summed E-state index contributed by atoms with van der Waals surface area (Å²) in [7, 11) is 1.77. The first-order chi connectivity index (χ1) is 9.13. The molecule has 2 atom stereocenters. The van der Waals surface area contributed by atoms with Gasteiger partial charge in [-0.3, -0.25) is 4.90 Å². The van der Waals surface area contributed by atoms with E-state index in [2.05, 4.69) is 4.90 Å². The smallest absolute Gasteiger partial charge is 0.0599 e. The maximum Gasteiger partial charge on any atom is 0.0599 e. The van der Waals surface area contributed by atoms with Crippen LogP contribution in [0.1, 0.15) is 18.4 Å². The molecular weight excluding hydrogens is 319 g/mol. The quantitative estimate of drug-likeness (QED) is 0.914. The van der Waals surface area contributed by atoms with Crippen LogP contribution in [0, 0.1) is 0 Å². The van der Waals surface area contributed by atoms with Crippen LogP contribution in [0.5, 0.6) is 0 Å². The molecule has 0 saturated carbocycles. The number of piperidine rings is 1. The molecule has 1 aliphatic heterocycles. The number of ether oxygens (including phenoxy) is 1. The van der Waals surface area contributed by atoms with Crippen LogP contribution in [0.15, 0.2) is 18.2 Å². The van der Waals surface area contributed by atoms with E-state index in [0.29, 0.717) is 23.7 Å². The van der Waals surface area contributed by atoms with Crippen LogP contribution < -0.4 is 5.73 Å². The highest BCUT2D eigenvalue weighted by atomic mass is 35.5. The molecule has 0 spiro atoms. The Kier molecular flexibility index (Phi) is 7.59. The van der Waals surface area contributed by atoms with Crippen molar-refractivity contribution in [2.24, 2.45) is 5.73 Å². The number of hydrogen-bond acceptors (Lipinski definition) is 3. The number of nitrogens with two attached hydrogens (primary N) is 1. The second kappa shape index (κ2) is 8.42. The third-order valence-corrected chi connectivity index (χ3v) is 4.37. The molecule has 1 saturated heterocycles. The first kappa shape index (κ1) is 18.0. The SMILES string of the molecule is COC1CCN(Cc2ccc(Cl)cc2Cl)C(CN)C1.Cl. The molecule has 2 unspecified atom stereocenters. The molecule has 1 heterocycles. The molecular formula is C14H21Cl3N2O. The molecule has 0 bridgehead atoms. The standard InChI is InChI=1S/C14H20Cl2N2O.ClH/c1-19-13-4-5-18(12(7-13)8-17)9-10-2-3-11(15)6-14(10)16;/h2-3,6,12-13H,4-5,7-9,17H2,1H3;1H. The van der Waals surface area contributed by atoms with Crippen molar-refractivity contribution in [2.75, 3.05) is 20.2 Å². The topological polar surface area (TPSA) is 38.5 Å². The summed E-state index contributed by atoms with van der Waals surface area (Å²) >= 11 is 12.1. The highest BCUT2D eigenvalue weighted by Gasteiger charge is 2.27. The molecule has 1 aliphatic rings. The Morgan fingerprint density at radius 1 is 1.40 bits per heavy atom. The van der Waals surface area contributed by atoms with Gasteiger partial charge in [0.05, 0.1) is 6.10 Å². The van der Waals surface area contributed by atoms with E-state index in [1.54, 1.807) is 13.2 Å². The van der Waals surface area contributed by atoms with Crippen molar-refractivity contribution in [1.82, 2.24) is 4.90 Å². The fourth-order valence-corrected chi connectivity index (χ4v) is 3.07. The van der Waals surface area contributed by atoms with Gasteiger partial charge >= 0.3 is 0 Å². The Labute approximate surface area is 136 Å². The predicted octanol–water partition coefficient (Wildman–Crippen LogP) is 3.35. The molecule has 6 heteroatoms. The maximum atomic E-state index is 6.23. The second-order valence-electron chi connectivity index (χ2n) is 4.98. The normalized spacial score (nSPS) is 23.4. The minimum atomic E-state index is 0. The second-order valence-corrected chi connectivity index (χ2v) is 5.82. The molecule has 0 aliphatic carbocycles. The molecule has 1 aromatic carbocycles. The molecule has 2 rings (SSSR count). The average molecular weight is 340 g/mol. The predicted molar refractivity (Wildman–Crippen MR) is 87.0 cm³/mol. The molecule has 1 fully saturated rings. The lowest BCUT2D eigenvalue weighted by molar-refractivity contribution is 0.0102. The number of halogens is 3. The minimum Gasteiger partial charge on any atom is -0.381 e. The first-order valence-electron chi connectivity index (χ1n) is 6.55. The zero-order valence-corrected chi connectivity index (χ0v) is 13.8. The Morgan fingerprint density at radius 3 is 2.75 bits per heavy atom. The fourth-order valence-electron chi connectivity index (χ4n) is 2.60. The molecule has 3 nitrogen and oxygen atoms in total. The van der Waals surface area contributed by atoms with E-state index < -0.39 is 0 Å². The maximum absolute atomic E-state index is 6.23. The van der Waals surface area contributed by atoms with Gasteiger partial charge in [0.2, 0.25) is 0 Å².